The summed E-state index contributed by atoms with van der Waals surface area (Å²) in [6.07, 6.45) is -1.68. The molecule has 0 aliphatic heterocycles. The van der Waals surface area contributed by atoms with Crippen LogP contribution >= 0.6 is 0 Å². The molecule has 228 valence electrons. The number of fused-ring (bicyclic) bond motifs is 3. The second kappa shape index (κ2) is 10.2. The molecule has 0 aromatic heterocycles. The third kappa shape index (κ3) is 3.76. The van der Waals surface area contributed by atoms with Crippen LogP contribution in [0, 0.1) is 40.4 Å². The highest BCUT2D eigenvalue weighted by Crippen LogP contribution is 2.66. The number of hydrogen-bond acceptors (Lipinski definition) is 10. The number of aromatic hydroxyl groups is 1. The average Bonchev–Trinajstić information content (AvgIpc) is 2.90. The number of hydrogen-bond donors (Lipinski definition) is 3. The molecule has 0 heterocycles. The van der Waals surface area contributed by atoms with Gasteiger partial charge < -0.3 is 20.1 Å². The molecular weight excluding hydrogens is 544 g/mol. The lowest BCUT2D eigenvalue weighted by Crippen LogP contribution is -2.81. The number of esters is 1. The number of carbonyl (C=O) groups excluding carboxylic acids is 6. The molecule has 3 aliphatic carbocycles. The topological polar surface area (TPSA) is 172 Å². The van der Waals surface area contributed by atoms with Crippen molar-refractivity contribution in [3.63, 3.8) is 0 Å². The number of Topliss-reactive ketones (excluding diaryl/α,β-unsaturated/α-hetero) is 5. The van der Waals surface area contributed by atoms with Gasteiger partial charge in [-0.25, -0.2) is 0 Å². The van der Waals surface area contributed by atoms with Crippen molar-refractivity contribution >= 4 is 34.9 Å². The third-order valence-electron chi connectivity index (χ3n) is 10.5. The van der Waals surface area contributed by atoms with E-state index >= 15 is 0 Å². The number of benzene rings is 1. The van der Waals surface area contributed by atoms with E-state index in [1.54, 1.807) is 46.8 Å². The number of rotatable bonds is 6. The Kier molecular flexibility index (Phi) is 7.69. The van der Waals surface area contributed by atoms with Gasteiger partial charge in [-0.15, -0.1) is 0 Å². The summed E-state index contributed by atoms with van der Waals surface area (Å²) in [4.78, 5) is 80.9. The van der Waals surface area contributed by atoms with Gasteiger partial charge in [0, 0.05) is 16.7 Å². The number of phenols is 1. The molecule has 0 bridgehead atoms. The Bertz CT molecular complexity index is 1410. The summed E-state index contributed by atoms with van der Waals surface area (Å²) in [5.41, 5.74) is -6.23. The van der Waals surface area contributed by atoms with E-state index in [0.717, 1.165) is 6.92 Å². The van der Waals surface area contributed by atoms with E-state index in [0.29, 0.717) is 5.56 Å². The van der Waals surface area contributed by atoms with Crippen molar-refractivity contribution in [2.75, 3.05) is 6.61 Å². The zero-order valence-electron chi connectivity index (χ0n) is 25.3. The van der Waals surface area contributed by atoms with Crippen LogP contribution in [0.2, 0.25) is 0 Å². The Hall–Kier alpha value is -3.24. The Morgan fingerprint density at radius 2 is 1.64 bits per heavy atom. The van der Waals surface area contributed by atoms with Crippen LogP contribution < -0.4 is 0 Å². The maximum absolute atomic E-state index is 14.5. The quantitative estimate of drug-likeness (QED) is 0.333. The number of ether oxygens (including phenoxy) is 1. The Balaban J connectivity index is 1.95. The second-order valence-corrected chi connectivity index (χ2v) is 13.1. The fraction of sp³-hybridized carbons (Fsp3) is 0.625. The summed E-state index contributed by atoms with van der Waals surface area (Å²) < 4.78 is 5.05. The van der Waals surface area contributed by atoms with E-state index in [1.165, 1.54) is 13.8 Å². The largest absolute Gasteiger partial charge is 0.507 e. The normalized spacial score (nSPS) is 36.7. The molecule has 0 amide bonds. The minimum Gasteiger partial charge on any atom is -0.507 e. The van der Waals surface area contributed by atoms with Crippen molar-refractivity contribution < 1.29 is 48.8 Å². The fourth-order valence-corrected chi connectivity index (χ4v) is 8.26. The van der Waals surface area contributed by atoms with E-state index in [2.05, 4.69) is 0 Å². The van der Waals surface area contributed by atoms with Gasteiger partial charge in [-0.05, 0) is 43.2 Å². The van der Waals surface area contributed by atoms with Crippen LogP contribution in [0.25, 0.3) is 0 Å². The monoisotopic (exact) mass is 584 g/mol. The molecule has 2 fully saturated rings. The van der Waals surface area contributed by atoms with Gasteiger partial charge in [-0.3, -0.25) is 28.8 Å². The third-order valence-corrected chi connectivity index (χ3v) is 10.5. The molecule has 10 nitrogen and oxygen atoms in total. The van der Waals surface area contributed by atoms with Crippen LogP contribution in [0.5, 0.6) is 5.75 Å². The highest BCUT2D eigenvalue weighted by Gasteiger charge is 2.80. The van der Waals surface area contributed by atoms with E-state index in [1.807, 2.05) is 0 Å². The number of aliphatic hydroxyl groups is 2. The van der Waals surface area contributed by atoms with Gasteiger partial charge in [-0.2, -0.15) is 0 Å². The summed E-state index contributed by atoms with van der Waals surface area (Å²) in [5, 5.41) is 35.6. The summed E-state index contributed by atoms with van der Waals surface area (Å²) in [7, 11) is 0. The molecule has 0 radical (unpaired) electrons. The van der Waals surface area contributed by atoms with E-state index in [9.17, 15) is 44.1 Å². The van der Waals surface area contributed by atoms with Crippen LogP contribution in [-0.2, 0) is 35.1 Å². The first kappa shape index (κ1) is 31.7. The van der Waals surface area contributed by atoms with Crippen molar-refractivity contribution in [3.8, 4) is 5.75 Å². The van der Waals surface area contributed by atoms with Gasteiger partial charge in [-0.1, -0.05) is 53.7 Å². The SMILES string of the molecule is CCOC(=O)C(C)Cc1ccc2c(c1O)C(=O)C1C(=O)[C@@]3(O)C(=O)C(C(C)=O)C(=O)C(C(C)C)[C@@]3(C)[C@H](O)[C@@]1(C)[C@@H]2C. The van der Waals surface area contributed by atoms with Gasteiger partial charge in [0.1, 0.15) is 17.5 Å². The highest BCUT2D eigenvalue weighted by atomic mass is 16.5. The lowest BCUT2D eigenvalue weighted by molar-refractivity contribution is -0.240. The maximum Gasteiger partial charge on any atom is 0.308 e. The summed E-state index contributed by atoms with van der Waals surface area (Å²) in [6, 6.07) is 3.18. The van der Waals surface area contributed by atoms with Crippen LogP contribution in [-0.4, -0.2) is 68.5 Å². The van der Waals surface area contributed by atoms with E-state index in [4.69, 9.17) is 4.74 Å². The fourth-order valence-electron chi connectivity index (χ4n) is 8.26. The van der Waals surface area contributed by atoms with Crippen LogP contribution in [0.15, 0.2) is 12.1 Å². The first-order valence-corrected chi connectivity index (χ1v) is 14.4. The molecular formula is C32H40O10. The first-order chi connectivity index (χ1) is 19.4. The minimum atomic E-state index is -3.02. The van der Waals surface area contributed by atoms with Crippen molar-refractivity contribution in [3.05, 3.63) is 28.8 Å². The summed E-state index contributed by atoms with van der Waals surface area (Å²) in [5.74, 6) is -12.9. The van der Waals surface area contributed by atoms with Crippen molar-refractivity contribution in [1.29, 1.82) is 0 Å². The van der Waals surface area contributed by atoms with Crippen LogP contribution in [0.4, 0.5) is 0 Å². The second-order valence-electron chi connectivity index (χ2n) is 13.1. The van der Waals surface area contributed by atoms with E-state index < -0.39 is 98.7 Å². The molecule has 42 heavy (non-hydrogen) atoms. The predicted octanol–water partition coefficient (Wildman–Crippen LogP) is 2.37. The first-order valence-electron chi connectivity index (χ1n) is 14.4. The molecule has 3 N–H and O–H groups in total. The van der Waals surface area contributed by atoms with Crippen LogP contribution in [0.3, 0.4) is 0 Å². The number of carbonyl (C=O) groups is 6. The molecule has 2 saturated carbocycles. The standard InChI is InChI=1S/C32H40O10/c1-9-42-28(39)14(4)12-17-10-11-18-15(5)30(7)22(25(36)20(18)23(17)34)27(38)32(41)26(37)19(16(6)33)24(35)21(13(2)3)31(32,8)29(30)40/h10-11,13-15,19,21-22,29,34,40-41H,9,12H2,1-8H3/t14?,15-,19?,21?,22?,29-,30+,31+,32+/m1/s1. The lowest BCUT2D eigenvalue weighted by Gasteiger charge is -2.65. The molecule has 3 aliphatic rings. The van der Waals surface area contributed by atoms with E-state index in [-0.39, 0.29) is 24.2 Å². The van der Waals surface area contributed by atoms with Crippen LogP contribution in [0.1, 0.15) is 82.8 Å². The zero-order valence-corrected chi connectivity index (χ0v) is 25.3. The minimum absolute atomic E-state index is 0.0388. The number of ketones is 5. The van der Waals surface area contributed by atoms with Crippen molar-refractivity contribution in [1.82, 2.24) is 0 Å². The molecule has 9 atom stereocenters. The number of phenolic OH excluding ortho intramolecular Hbond substituents is 1. The Morgan fingerprint density at radius 1 is 1.05 bits per heavy atom. The lowest BCUT2D eigenvalue weighted by atomic mass is 9.37. The highest BCUT2D eigenvalue weighted by molar-refractivity contribution is 6.33. The van der Waals surface area contributed by atoms with Gasteiger partial charge in [0.15, 0.2) is 28.7 Å². The van der Waals surface area contributed by atoms with Crippen molar-refractivity contribution in [2.24, 2.45) is 40.4 Å². The summed E-state index contributed by atoms with van der Waals surface area (Å²) >= 11 is 0. The molecule has 4 unspecified atom stereocenters. The van der Waals surface area contributed by atoms with Gasteiger partial charge in [0.2, 0.25) is 0 Å². The predicted molar refractivity (Wildman–Crippen MR) is 149 cm³/mol. The van der Waals surface area contributed by atoms with Gasteiger partial charge in [0.25, 0.3) is 0 Å². The number of aliphatic hydroxyl groups excluding tert-OH is 1. The molecule has 0 spiro atoms. The molecule has 1 aromatic carbocycles. The molecule has 4 rings (SSSR count). The molecule has 0 saturated heterocycles. The summed E-state index contributed by atoms with van der Waals surface area (Å²) in [6.45, 7) is 12.3. The van der Waals surface area contributed by atoms with Crippen molar-refractivity contribution in [2.45, 2.75) is 79.4 Å². The zero-order chi connectivity index (χ0) is 31.9. The average molecular weight is 585 g/mol. The van der Waals surface area contributed by atoms with Gasteiger partial charge in [0.05, 0.1) is 30.1 Å². The smallest absolute Gasteiger partial charge is 0.308 e. The molecule has 1 aromatic rings. The Morgan fingerprint density at radius 3 is 2.17 bits per heavy atom. The molecule has 10 heteroatoms. The Labute approximate surface area is 244 Å². The van der Waals surface area contributed by atoms with Gasteiger partial charge >= 0.3 is 5.97 Å². The maximum atomic E-state index is 14.5.